The fraction of sp³-hybridized carbons (Fsp3) is 0.933. The van der Waals surface area contributed by atoms with Crippen LogP contribution < -0.4 is 0 Å². The van der Waals surface area contributed by atoms with E-state index in [0.29, 0.717) is 23.9 Å². The molecule has 2 bridgehead atoms. The number of nitrogens with zero attached hydrogens (tertiary/aromatic N) is 2. The topological polar surface area (TPSA) is 23.6 Å². The van der Waals surface area contributed by atoms with Gasteiger partial charge >= 0.3 is 0 Å². The number of hydrogen-bond acceptors (Lipinski definition) is 2. The Hall–Kier alpha value is -0.570. The standard InChI is InChI=1S/C15H24N2O/c18-15-12-9-11(13-5-2-4-8-17(13)15)10-16-7-3-1-6-14(12)16/h11-14H,1-10H2/t11-,12-,13+,14-/m0/s1. The van der Waals surface area contributed by atoms with Gasteiger partial charge in [0.15, 0.2) is 0 Å². The molecule has 3 heteroatoms. The van der Waals surface area contributed by atoms with E-state index in [9.17, 15) is 4.79 Å². The summed E-state index contributed by atoms with van der Waals surface area (Å²) in [5, 5.41) is 0. The van der Waals surface area contributed by atoms with Gasteiger partial charge in [-0.25, -0.2) is 0 Å². The SMILES string of the molecule is O=C1[C@H]2C[C@@H](CN3CCCC[C@@H]23)[C@H]2CCCCN12. The average Bonchev–Trinajstić information content (AvgIpc) is 2.44. The summed E-state index contributed by atoms with van der Waals surface area (Å²) in [6, 6.07) is 1.18. The second-order valence-electron chi connectivity index (χ2n) is 6.76. The number of carbonyl (C=O) groups is 1. The molecule has 0 unspecified atom stereocenters. The molecule has 4 fully saturated rings. The van der Waals surface area contributed by atoms with Gasteiger partial charge in [0.25, 0.3) is 0 Å². The van der Waals surface area contributed by atoms with Gasteiger partial charge in [-0.2, -0.15) is 0 Å². The Balaban J connectivity index is 1.63. The summed E-state index contributed by atoms with van der Waals surface area (Å²) in [6.45, 7) is 3.57. The fourth-order valence-corrected chi connectivity index (χ4v) is 5.04. The normalized spacial score (nSPS) is 44.4. The van der Waals surface area contributed by atoms with Gasteiger partial charge < -0.3 is 4.90 Å². The van der Waals surface area contributed by atoms with E-state index >= 15 is 0 Å². The number of rotatable bonds is 0. The molecule has 0 N–H and O–H groups in total. The first kappa shape index (κ1) is 11.3. The first-order valence-electron chi connectivity index (χ1n) is 7.89. The van der Waals surface area contributed by atoms with Gasteiger partial charge in [-0.15, -0.1) is 0 Å². The van der Waals surface area contributed by atoms with Crippen molar-refractivity contribution < 1.29 is 4.79 Å². The lowest BCUT2D eigenvalue weighted by molar-refractivity contribution is -0.158. The molecule has 18 heavy (non-hydrogen) atoms. The highest BCUT2D eigenvalue weighted by atomic mass is 16.2. The zero-order valence-corrected chi connectivity index (χ0v) is 11.2. The number of carbonyl (C=O) groups excluding carboxylic acids is 1. The molecule has 0 aliphatic carbocycles. The third-order valence-corrected chi connectivity index (χ3v) is 5.85. The van der Waals surface area contributed by atoms with Crippen LogP contribution >= 0.6 is 0 Å². The van der Waals surface area contributed by atoms with Gasteiger partial charge in [0.05, 0.1) is 5.92 Å². The summed E-state index contributed by atoms with van der Waals surface area (Å²) in [6.07, 6.45) is 8.97. The fourth-order valence-electron chi connectivity index (χ4n) is 5.04. The Bertz CT molecular complexity index is 354. The summed E-state index contributed by atoms with van der Waals surface area (Å²) in [5.41, 5.74) is 0. The quantitative estimate of drug-likeness (QED) is 0.653. The highest BCUT2D eigenvalue weighted by molar-refractivity contribution is 5.81. The van der Waals surface area contributed by atoms with Gasteiger partial charge in [0.1, 0.15) is 0 Å². The molecule has 4 saturated heterocycles. The Morgan fingerprint density at radius 3 is 2.61 bits per heavy atom. The van der Waals surface area contributed by atoms with E-state index in [1.165, 1.54) is 58.0 Å². The molecule has 100 valence electrons. The molecule has 3 nitrogen and oxygen atoms in total. The molecule has 4 heterocycles. The van der Waals surface area contributed by atoms with Crippen LogP contribution in [0.1, 0.15) is 44.9 Å². The van der Waals surface area contributed by atoms with Crippen LogP contribution in [0.15, 0.2) is 0 Å². The van der Waals surface area contributed by atoms with E-state index < -0.39 is 0 Å². The second kappa shape index (κ2) is 4.22. The Morgan fingerprint density at radius 2 is 1.72 bits per heavy atom. The van der Waals surface area contributed by atoms with Crippen LogP contribution in [0.25, 0.3) is 0 Å². The zero-order chi connectivity index (χ0) is 12.1. The largest absolute Gasteiger partial charge is 0.339 e. The van der Waals surface area contributed by atoms with Crippen molar-refractivity contribution in [1.29, 1.82) is 0 Å². The minimum Gasteiger partial charge on any atom is -0.339 e. The third kappa shape index (κ3) is 1.56. The smallest absolute Gasteiger partial charge is 0.227 e. The lowest BCUT2D eigenvalue weighted by Crippen LogP contribution is -2.65. The first-order valence-corrected chi connectivity index (χ1v) is 7.89. The molecule has 4 aliphatic heterocycles. The van der Waals surface area contributed by atoms with E-state index in [-0.39, 0.29) is 0 Å². The Kier molecular flexibility index (Phi) is 2.65. The Morgan fingerprint density at radius 1 is 0.944 bits per heavy atom. The summed E-state index contributed by atoms with van der Waals surface area (Å²) in [4.78, 5) is 17.7. The highest BCUT2D eigenvalue weighted by Gasteiger charge is 2.50. The predicted octanol–water partition coefficient (Wildman–Crippen LogP) is 1.87. The summed E-state index contributed by atoms with van der Waals surface area (Å²) in [7, 11) is 0. The molecular formula is C15H24N2O. The zero-order valence-electron chi connectivity index (χ0n) is 11.2. The summed E-state index contributed by atoms with van der Waals surface area (Å²) in [5.74, 6) is 1.63. The van der Waals surface area contributed by atoms with Crippen LogP contribution in [0, 0.1) is 11.8 Å². The van der Waals surface area contributed by atoms with Crippen LogP contribution in [0.4, 0.5) is 0 Å². The second-order valence-corrected chi connectivity index (χ2v) is 6.76. The van der Waals surface area contributed by atoms with Gasteiger partial charge in [-0.1, -0.05) is 6.42 Å². The molecule has 0 radical (unpaired) electrons. The summed E-state index contributed by atoms with van der Waals surface area (Å²) < 4.78 is 0. The van der Waals surface area contributed by atoms with Crippen LogP contribution in [0.2, 0.25) is 0 Å². The van der Waals surface area contributed by atoms with Gasteiger partial charge in [0, 0.05) is 25.2 Å². The molecule has 1 amide bonds. The van der Waals surface area contributed by atoms with Crippen LogP contribution in [0.5, 0.6) is 0 Å². The van der Waals surface area contributed by atoms with Crippen molar-refractivity contribution in [2.45, 2.75) is 57.0 Å². The summed E-state index contributed by atoms with van der Waals surface area (Å²) >= 11 is 0. The average molecular weight is 248 g/mol. The third-order valence-electron chi connectivity index (χ3n) is 5.85. The van der Waals surface area contributed by atoms with E-state index in [1.807, 2.05) is 0 Å². The van der Waals surface area contributed by atoms with Crippen LogP contribution in [-0.2, 0) is 4.79 Å². The molecule has 0 aromatic rings. The van der Waals surface area contributed by atoms with Crippen molar-refractivity contribution in [1.82, 2.24) is 9.80 Å². The molecular weight excluding hydrogens is 224 g/mol. The number of fused-ring (bicyclic) bond motifs is 6. The molecule has 0 aromatic heterocycles. The first-order chi connectivity index (χ1) is 8.84. The lowest BCUT2D eigenvalue weighted by Gasteiger charge is -2.56. The van der Waals surface area contributed by atoms with E-state index in [2.05, 4.69) is 9.80 Å². The number of hydrogen-bond donors (Lipinski definition) is 0. The molecule has 0 aromatic carbocycles. The van der Waals surface area contributed by atoms with Crippen molar-refractivity contribution in [2.24, 2.45) is 11.8 Å². The molecule has 4 atom stereocenters. The highest BCUT2D eigenvalue weighted by Crippen LogP contribution is 2.43. The molecule has 4 rings (SSSR count). The van der Waals surface area contributed by atoms with E-state index in [1.54, 1.807) is 0 Å². The molecule has 0 spiro atoms. The minimum absolute atomic E-state index is 0.346. The van der Waals surface area contributed by atoms with E-state index in [0.717, 1.165) is 12.5 Å². The molecule has 4 aliphatic rings. The lowest BCUT2D eigenvalue weighted by atomic mass is 9.70. The maximum atomic E-state index is 12.7. The van der Waals surface area contributed by atoms with Gasteiger partial charge in [-0.3, -0.25) is 9.69 Å². The van der Waals surface area contributed by atoms with Crippen LogP contribution in [-0.4, -0.2) is 47.4 Å². The van der Waals surface area contributed by atoms with Crippen molar-refractivity contribution in [2.75, 3.05) is 19.6 Å². The number of piperidine rings is 4. The van der Waals surface area contributed by atoms with Crippen molar-refractivity contribution in [3.8, 4) is 0 Å². The predicted molar refractivity (Wildman–Crippen MR) is 70.2 cm³/mol. The maximum Gasteiger partial charge on any atom is 0.227 e. The molecule has 0 saturated carbocycles. The van der Waals surface area contributed by atoms with Crippen molar-refractivity contribution >= 4 is 5.91 Å². The van der Waals surface area contributed by atoms with E-state index in [4.69, 9.17) is 0 Å². The van der Waals surface area contributed by atoms with Crippen LogP contribution in [0.3, 0.4) is 0 Å². The van der Waals surface area contributed by atoms with Gasteiger partial charge in [0.2, 0.25) is 5.91 Å². The number of amides is 1. The maximum absolute atomic E-state index is 12.7. The minimum atomic E-state index is 0.346. The van der Waals surface area contributed by atoms with Crippen molar-refractivity contribution in [3.05, 3.63) is 0 Å². The Labute approximate surface area is 110 Å². The monoisotopic (exact) mass is 248 g/mol. The van der Waals surface area contributed by atoms with Gasteiger partial charge in [-0.05, 0) is 51.0 Å². The van der Waals surface area contributed by atoms with Crippen molar-refractivity contribution in [3.63, 3.8) is 0 Å².